The molecule has 0 bridgehead atoms. The monoisotopic (exact) mass is 959 g/mol. The number of phenolic OH excluding ortho intramolecular Hbond substituents is 3. The summed E-state index contributed by atoms with van der Waals surface area (Å²) >= 11 is 4.65. The lowest BCUT2D eigenvalue weighted by molar-refractivity contribution is -0.121. The molecule has 18 heteroatoms. The second kappa shape index (κ2) is 25.8. The Bertz CT molecular complexity index is 2610. The lowest BCUT2D eigenvalue weighted by atomic mass is 10.1. The summed E-state index contributed by atoms with van der Waals surface area (Å²) in [5.41, 5.74) is 0.948. The van der Waals surface area contributed by atoms with Crippen molar-refractivity contribution in [3.05, 3.63) is 85.9 Å². The predicted molar refractivity (Wildman–Crippen MR) is 262 cm³/mol. The topological polar surface area (TPSA) is 215 Å². The first-order valence-electron chi connectivity index (χ1n) is 21.7. The van der Waals surface area contributed by atoms with Gasteiger partial charge in [0.2, 0.25) is 17.7 Å². The largest absolute Gasteiger partial charge is 0.507 e. The SMILES string of the molecule is CCNC(=O)CCc1cc2c(C=O)c(O)ccc2s1.CN(C)CCNC(=O)CCc1cc2c(C=O)c(O)ccc2s1.O=Cc1c(O)ccc2sc(CCC(=O)NCCN3CCOCC3)cc12. The molecule has 6 aromatic rings. The highest BCUT2D eigenvalue weighted by atomic mass is 32.1. The molecule has 352 valence electrons. The average molecular weight is 960 g/mol. The van der Waals surface area contributed by atoms with E-state index < -0.39 is 0 Å². The van der Waals surface area contributed by atoms with Crippen LogP contribution >= 0.6 is 34.0 Å². The Labute approximate surface area is 395 Å². The molecule has 7 rings (SSSR count). The van der Waals surface area contributed by atoms with Gasteiger partial charge >= 0.3 is 0 Å². The number of amides is 3. The number of aryl methyl sites for hydroxylation is 3. The summed E-state index contributed by atoms with van der Waals surface area (Å²) < 4.78 is 8.14. The number of likely N-dealkylation sites (N-methyl/N-ethyl adjacent to an activating group) is 1. The second-order valence-electron chi connectivity index (χ2n) is 15.6. The summed E-state index contributed by atoms with van der Waals surface area (Å²) in [6.45, 7) is 8.83. The minimum Gasteiger partial charge on any atom is -0.507 e. The van der Waals surface area contributed by atoms with Gasteiger partial charge in [0.1, 0.15) is 17.2 Å². The summed E-state index contributed by atoms with van der Waals surface area (Å²) in [5.74, 6) is 0.0666. The number of phenols is 3. The second-order valence-corrected chi connectivity index (χ2v) is 19.1. The Hall–Kier alpha value is -5.76. The van der Waals surface area contributed by atoms with Gasteiger partial charge in [0, 0.05) is 110 Å². The van der Waals surface area contributed by atoms with Crippen LogP contribution in [-0.4, -0.2) is 135 Å². The molecule has 3 aromatic carbocycles. The van der Waals surface area contributed by atoms with Crippen LogP contribution in [0.4, 0.5) is 0 Å². The molecule has 3 amide bonds. The van der Waals surface area contributed by atoms with Crippen molar-refractivity contribution in [2.45, 2.75) is 45.4 Å². The Morgan fingerprint density at radius 1 is 0.621 bits per heavy atom. The number of rotatable bonds is 19. The van der Waals surface area contributed by atoms with Gasteiger partial charge in [-0.1, -0.05) is 0 Å². The Kier molecular flexibility index (Phi) is 20.0. The molecule has 0 saturated carbocycles. The Morgan fingerprint density at radius 3 is 1.36 bits per heavy atom. The highest BCUT2D eigenvalue weighted by Gasteiger charge is 2.15. The van der Waals surface area contributed by atoms with Gasteiger partial charge in [-0.25, -0.2) is 0 Å². The standard InChI is InChI=1S/C18H22N2O4S.C16H20N2O3S.C14H15NO3S/c21-12-15-14-11-13(25-17(14)3-2-16(15)22)1-4-18(23)19-5-6-20-7-9-24-10-8-20;1-18(2)8-7-17-16(21)6-3-11-9-12-13(10-19)14(20)4-5-15(12)22-11;1-2-15-14(18)6-3-9-7-10-11(8-16)12(17)4-5-13(10)19-9/h2-3,11-12,22H,1,4-10H2,(H,19,23);4-5,9-10,20H,3,6-8H2,1-2H3,(H,17,21);4-5,7-8,17H,2-3,6H2,1H3,(H,15,18). The molecule has 66 heavy (non-hydrogen) atoms. The minimum atomic E-state index is -0.00675. The molecular weight excluding hydrogens is 903 g/mol. The molecule has 3 aromatic heterocycles. The number of morpholine rings is 1. The highest BCUT2D eigenvalue weighted by Crippen LogP contribution is 2.35. The molecule has 0 unspecified atom stereocenters. The number of ether oxygens (including phenoxy) is 1. The number of benzene rings is 3. The first-order chi connectivity index (χ1) is 31.8. The first-order valence-corrected chi connectivity index (χ1v) is 24.1. The first kappa shape index (κ1) is 51.2. The summed E-state index contributed by atoms with van der Waals surface area (Å²) in [4.78, 5) is 75.8. The zero-order chi connectivity index (χ0) is 47.6. The molecule has 0 spiro atoms. The maximum atomic E-state index is 12.0. The van der Waals surface area contributed by atoms with E-state index in [9.17, 15) is 44.1 Å². The van der Waals surface area contributed by atoms with Crippen molar-refractivity contribution >= 4 is 101 Å². The van der Waals surface area contributed by atoms with E-state index in [1.54, 1.807) is 52.2 Å². The number of carbonyl (C=O) groups is 6. The molecular formula is C48H57N5O10S3. The summed E-state index contributed by atoms with van der Waals surface area (Å²) in [7, 11) is 3.92. The van der Waals surface area contributed by atoms with Crippen molar-refractivity contribution in [1.29, 1.82) is 0 Å². The molecule has 6 N–H and O–H groups in total. The van der Waals surface area contributed by atoms with Crippen molar-refractivity contribution < 1.29 is 48.8 Å². The van der Waals surface area contributed by atoms with E-state index in [-0.39, 0.29) is 35.0 Å². The van der Waals surface area contributed by atoms with Crippen molar-refractivity contribution in [2.24, 2.45) is 0 Å². The van der Waals surface area contributed by atoms with Crippen LogP contribution in [-0.2, 0) is 38.4 Å². The maximum absolute atomic E-state index is 12.0. The number of aromatic hydroxyl groups is 3. The van der Waals surface area contributed by atoms with E-state index in [4.69, 9.17) is 4.74 Å². The quantitative estimate of drug-likeness (QED) is 0.0493. The summed E-state index contributed by atoms with van der Waals surface area (Å²) in [5, 5.41) is 39.9. The van der Waals surface area contributed by atoms with Crippen LogP contribution < -0.4 is 16.0 Å². The van der Waals surface area contributed by atoms with Crippen molar-refractivity contribution in [1.82, 2.24) is 25.8 Å². The summed E-state index contributed by atoms with van der Waals surface area (Å²) in [6.07, 6.45) is 5.18. The molecule has 0 aliphatic carbocycles. The van der Waals surface area contributed by atoms with Gasteiger partial charge in [-0.2, -0.15) is 0 Å². The number of hydrogen-bond donors (Lipinski definition) is 6. The number of fused-ring (bicyclic) bond motifs is 3. The lowest BCUT2D eigenvalue weighted by Gasteiger charge is -2.26. The highest BCUT2D eigenvalue weighted by molar-refractivity contribution is 7.19. The molecule has 4 heterocycles. The van der Waals surface area contributed by atoms with Gasteiger partial charge in [0.05, 0.1) is 29.9 Å². The third kappa shape index (κ3) is 14.9. The van der Waals surface area contributed by atoms with Gasteiger partial charge < -0.3 is 40.9 Å². The van der Waals surface area contributed by atoms with Crippen molar-refractivity contribution in [3.63, 3.8) is 0 Å². The molecule has 1 fully saturated rings. The smallest absolute Gasteiger partial charge is 0.220 e. The van der Waals surface area contributed by atoms with E-state index in [0.717, 1.165) is 84.3 Å². The van der Waals surface area contributed by atoms with Gasteiger partial charge in [-0.15, -0.1) is 34.0 Å². The van der Waals surface area contributed by atoms with E-state index >= 15 is 0 Å². The zero-order valence-corrected chi connectivity index (χ0v) is 39.8. The fourth-order valence-corrected chi connectivity index (χ4v) is 10.3. The van der Waals surface area contributed by atoms with Crippen LogP contribution in [0.25, 0.3) is 30.3 Å². The van der Waals surface area contributed by atoms with Crippen molar-refractivity contribution in [2.75, 3.05) is 73.1 Å². The fraction of sp³-hybridized carbons (Fsp3) is 0.375. The normalized spacial score (nSPS) is 12.5. The van der Waals surface area contributed by atoms with Crippen molar-refractivity contribution in [3.8, 4) is 17.2 Å². The molecule has 15 nitrogen and oxygen atoms in total. The average Bonchev–Trinajstić information content (AvgIpc) is 4.04. The molecule has 1 aliphatic rings. The predicted octanol–water partition coefficient (Wildman–Crippen LogP) is 6.32. The third-order valence-electron chi connectivity index (χ3n) is 10.6. The fourth-order valence-electron chi connectivity index (χ4n) is 7.03. The van der Waals surface area contributed by atoms with E-state index in [2.05, 4.69) is 20.9 Å². The number of aldehydes is 3. The number of nitrogens with one attached hydrogen (secondary N) is 3. The van der Waals surface area contributed by atoms with E-state index in [1.165, 1.54) is 18.2 Å². The number of nitrogens with zero attached hydrogens (tertiary/aromatic N) is 2. The molecule has 1 saturated heterocycles. The van der Waals surface area contributed by atoms with E-state index in [1.807, 2.05) is 44.1 Å². The van der Waals surface area contributed by atoms with Crippen LogP contribution in [0.15, 0.2) is 54.6 Å². The number of carbonyl (C=O) groups excluding carboxylic acids is 6. The number of thiophene rings is 3. The molecule has 0 atom stereocenters. The lowest BCUT2D eigenvalue weighted by Crippen LogP contribution is -2.41. The maximum Gasteiger partial charge on any atom is 0.220 e. The Balaban J connectivity index is 0.000000187. The van der Waals surface area contributed by atoms with Crippen LogP contribution in [0.1, 0.15) is 71.9 Å². The number of hydrogen-bond acceptors (Lipinski definition) is 15. The summed E-state index contributed by atoms with van der Waals surface area (Å²) in [6, 6.07) is 15.6. The van der Waals surface area contributed by atoms with Crippen LogP contribution in [0.3, 0.4) is 0 Å². The molecule has 1 aliphatic heterocycles. The van der Waals surface area contributed by atoms with E-state index in [0.29, 0.717) is 93.7 Å². The Morgan fingerprint density at radius 2 is 1.00 bits per heavy atom. The third-order valence-corrected chi connectivity index (χ3v) is 14.0. The van der Waals surface area contributed by atoms with Gasteiger partial charge in [-0.05, 0) is 94.9 Å². The zero-order valence-electron chi connectivity index (χ0n) is 37.4. The van der Waals surface area contributed by atoms with Gasteiger partial charge in [0.25, 0.3) is 0 Å². The van der Waals surface area contributed by atoms with Crippen LogP contribution in [0.5, 0.6) is 17.2 Å². The van der Waals surface area contributed by atoms with Gasteiger partial charge in [0.15, 0.2) is 18.9 Å². The molecule has 0 radical (unpaired) electrons. The van der Waals surface area contributed by atoms with Crippen LogP contribution in [0, 0.1) is 0 Å². The minimum absolute atomic E-state index is 0.00410. The van der Waals surface area contributed by atoms with Crippen LogP contribution in [0.2, 0.25) is 0 Å². The van der Waals surface area contributed by atoms with Gasteiger partial charge in [-0.3, -0.25) is 33.7 Å².